The Morgan fingerprint density at radius 1 is 1.46 bits per heavy atom. The molecule has 1 heterocycles. The number of fused-ring (bicyclic) bond motifs is 1. The number of hydrogen-bond acceptors (Lipinski definition) is 2. The number of benzene rings is 1. The Balaban J connectivity index is 2.77. The van der Waals surface area contributed by atoms with Gasteiger partial charge in [-0.25, -0.2) is 0 Å². The van der Waals surface area contributed by atoms with Crippen LogP contribution in [-0.2, 0) is 5.88 Å². The molecule has 0 saturated heterocycles. The number of halogens is 2. The number of anilines is 1. The molecule has 2 aromatic rings. The van der Waals surface area contributed by atoms with Gasteiger partial charge in [0.25, 0.3) is 0 Å². The predicted octanol–water partition coefficient (Wildman–Crippen LogP) is 3.98. The van der Waals surface area contributed by atoms with E-state index in [2.05, 4.69) is 21.3 Å². The van der Waals surface area contributed by atoms with Crippen molar-refractivity contribution < 1.29 is 0 Å². The third kappa shape index (κ3) is 1.56. The van der Waals surface area contributed by atoms with Gasteiger partial charge in [-0.3, -0.25) is 0 Å². The van der Waals surface area contributed by atoms with Crippen LogP contribution >= 0.6 is 38.9 Å². The molecule has 13 heavy (non-hydrogen) atoms. The number of thiophene rings is 1. The second kappa shape index (κ2) is 3.48. The van der Waals surface area contributed by atoms with E-state index < -0.39 is 0 Å². The highest BCUT2D eigenvalue weighted by atomic mass is 79.9. The lowest BCUT2D eigenvalue weighted by atomic mass is 10.2. The minimum atomic E-state index is 0.552. The minimum Gasteiger partial charge on any atom is -0.398 e. The summed E-state index contributed by atoms with van der Waals surface area (Å²) in [4.78, 5) is 0. The highest BCUT2D eigenvalue weighted by Crippen LogP contribution is 2.33. The Labute approximate surface area is 93.6 Å². The molecule has 1 aromatic carbocycles. The average Bonchev–Trinajstić information content (AvgIpc) is 2.48. The Morgan fingerprint density at radius 2 is 2.23 bits per heavy atom. The molecule has 0 radical (unpaired) electrons. The Bertz CT molecular complexity index is 452. The van der Waals surface area contributed by atoms with Crippen molar-refractivity contribution in [3.63, 3.8) is 0 Å². The molecule has 0 bridgehead atoms. The zero-order chi connectivity index (χ0) is 9.42. The first-order valence-corrected chi connectivity index (χ1v) is 5.94. The van der Waals surface area contributed by atoms with Crippen molar-refractivity contribution in [1.29, 1.82) is 0 Å². The SMILES string of the molecule is Nc1cc2scc(CCl)c2cc1Br. The maximum absolute atomic E-state index is 5.80. The molecular weight excluding hydrogens is 270 g/mol. The van der Waals surface area contributed by atoms with Crippen molar-refractivity contribution in [2.45, 2.75) is 5.88 Å². The maximum Gasteiger partial charge on any atom is 0.0488 e. The Hall–Kier alpha value is -0.250. The molecule has 0 atom stereocenters. The zero-order valence-electron chi connectivity index (χ0n) is 6.68. The van der Waals surface area contributed by atoms with Gasteiger partial charge in [0.15, 0.2) is 0 Å². The molecule has 0 unspecified atom stereocenters. The fraction of sp³-hybridized carbons (Fsp3) is 0.111. The standard InChI is InChI=1S/C9H7BrClNS/c10-7-1-6-5(3-11)4-13-9(6)2-8(7)12/h1-2,4H,3,12H2. The monoisotopic (exact) mass is 275 g/mol. The lowest BCUT2D eigenvalue weighted by Crippen LogP contribution is -1.85. The molecule has 0 aliphatic heterocycles. The smallest absolute Gasteiger partial charge is 0.0488 e. The van der Waals surface area contributed by atoms with Gasteiger partial charge in [0.2, 0.25) is 0 Å². The van der Waals surface area contributed by atoms with Crippen molar-refractivity contribution in [2.24, 2.45) is 0 Å². The van der Waals surface area contributed by atoms with Crippen molar-refractivity contribution >= 4 is 54.6 Å². The lowest BCUT2D eigenvalue weighted by Gasteiger charge is -1.98. The number of nitrogen functional groups attached to an aromatic ring is 1. The summed E-state index contributed by atoms with van der Waals surface area (Å²) in [6, 6.07) is 4.00. The fourth-order valence-corrected chi connectivity index (χ4v) is 2.87. The summed E-state index contributed by atoms with van der Waals surface area (Å²) in [5, 5.41) is 3.27. The normalized spacial score (nSPS) is 10.9. The summed E-state index contributed by atoms with van der Waals surface area (Å²) >= 11 is 10.9. The highest BCUT2D eigenvalue weighted by molar-refractivity contribution is 9.10. The van der Waals surface area contributed by atoms with E-state index in [1.165, 1.54) is 15.6 Å². The molecule has 1 nitrogen and oxygen atoms in total. The van der Waals surface area contributed by atoms with Gasteiger partial charge in [-0.15, -0.1) is 22.9 Å². The van der Waals surface area contributed by atoms with E-state index in [-0.39, 0.29) is 0 Å². The van der Waals surface area contributed by atoms with Crippen LogP contribution in [-0.4, -0.2) is 0 Å². The Morgan fingerprint density at radius 3 is 2.92 bits per heavy atom. The number of hydrogen-bond donors (Lipinski definition) is 1. The quantitative estimate of drug-likeness (QED) is 0.619. The molecule has 4 heteroatoms. The van der Waals surface area contributed by atoms with Crippen LogP contribution in [0.25, 0.3) is 10.1 Å². The van der Waals surface area contributed by atoms with Crippen LogP contribution in [0.2, 0.25) is 0 Å². The second-order valence-electron chi connectivity index (χ2n) is 2.76. The first-order chi connectivity index (χ1) is 6.22. The van der Waals surface area contributed by atoms with Gasteiger partial charge < -0.3 is 5.73 Å². The van der Waals surface area contributed by atoms with Crippen LogP contribution < -0.4 is 5.73 Å². The van der Waals surface area contributed by atoms with Gasteiger partial charge >= 0.3 is 0 Å². The van der Waals surface area contributed by atoms with Crippen LogP contribution in [0, 0.1) is 0 Å². The Kier molecular flexibility index (Phi) is 2.49. The molecule has 0 fully saturated rings. The van der Waals surface area contributed by atoms with Crippen LogP contribution in [0.15, 0.2) is 22.0 Å². The number of rotatable bonds is 1. The van der Waals surface area contributed by atoms with Crippen LogP contribution in [0.5, 0.6) is 0 Å². The van der Waals surface area contributed by atoms with E-state index in [0.29, 0.717) is 5.88 Å². The molecular formula is C9H7BrClNS. The second-order valence-corrected chi connectivity index (χ2v) is 4.80. The zero-order valence-corrected chi connectivity index (χ0v) is 9.84. The van der Waals surface area contributed by atoms with Gasteiger partial charge in [0.05, 0.1) is 0 Å². The molecule has 2 rings (SSSR count). The third-order valence-corrected chi connectivity index (χ3v) is 3.89. The third-order valence-electron chi connectivity index (χ3n) is 1.92. The van der Waals surface area contributed by atoms with Crippen molar-refractivity contribution in [3.8, 4) is 0 Å². The van der Waals surface area contributed by atoms with Gasteiger partial charge in [-0.05, 0) is 44.4 Å². The van der Waals surface area contributed by atoms with Crippen LogP contribution in [0.1, 0.15) is 5.56 Å². The fourth-order valence-electron chi connectivity index (χ4n) is 1.22. The highest BCUT2D eigenvalue weighted by Gasteiger charge is 2.05. The summed E-state index contributed by atoms with van der Waals surface area (Å²) in [5.41, 5.74) is 7.71. The lowest BCUT2D eigenvalue weighted by molar-refractivity contribution is 1.49. The molecule has 0 aliphatic carbocycles. The first kappa shape index (κ1) is 9.31. The molecule has 0 spiro atoms. The summed E-state index contributed by atoms with van der Waals surface area (Å²) in [5.74, 6) is 0.552. The van der Waals surface area contributed by atoms with Gasteiger partial charge in [0.1, 0.15) is 0 Å². The van der Waals surface area contributed by atoms with Crippen molar-refractivity contribution in [1.82, 2.24) is 0 Å². The van der Waals surface area contributed by atoms with Gasteiger partial charge in [-0.2, -0.15) is 0 Å². The van der Waals surface area contributed by atoms with Crippen molar-refractivity contribution in [2.75, 3.05) is 5.73 Å². The van der Waals surface area contributed by atoms with Crippen molar-refractivity contribution in [3.05, 3.63) is 27.5 Å². The van der Waals surface area contributed by atoms with E-state index in [9.17, 15) is 0 Å². The molecule has 1 aromatic heterocycles. The molecule has 0 amide bonds. The van der Waals surface area contributed by atoms with E-state index in [1.54, 1.807) is 11.3 Å². The largest absolute Gasteiger partial charge is 0.398 e. The van der Waals surface area contributed by atoms with E-state index >= 15 is 0 Å². The summed E-state index contributed by atoms with van der Waals surface area (Å²) < 4.78 is 2.13. The molecule has 0 aliphatic rings. The summed E-state index contributed by atoms with van der Waals surface area (Å²) in [6.45, 7) is 0. The van der Waals surface area contributed by atoms with E-state index in [1.807, 2.05) is 12.1 Å². The topological polar surface area (TPSA) is 26.0 Å². The summed E-state index contributed by atoms with van der Waals surface area (Å²) in [6.07, 6.45) is 0. The van der Waals surface area contributed by atoms with Gasteiger partial charge in [0, 0.05) is 20.7 Å². The minimum absolute atomic E-state index is 0.552. The van der Waals surface area contributed by atoms with E-state index in [4.69, 9.17) is 17.3 Å². The predicted molar refractivity (Wildman–Crippen MR) is 63.5 cm³/mol. The van der Waals surface area contributed by atoms with E-state index in [0.717, 1.165) is 10.2 Å². The molecule has 68 valence electrons. The van der Waals surface area contributed by atoms with Gasteiger partial charge in [-0.1, -0.05) is 0 Å². The molecule has 2 N–H and O–H groups in total. The first-order valence-electron chi connectivity index (χ1n) is 3.73. The number of nitrogens with two attached hydrogens (primary N) is 1. The van der Waals surface area contributed by atoms with Crippen LogP contribution in [0.4, 0.5) is 5.69 Å². The summed E-state index contributed by atoms with van der Waals surface area (Å²) in [7, 11) is 0. The average molecular weight is 277 g/mol. The van der Waals surface area contributed by atoms with Crippen LogP contribution in [0.3, 0.4) is 0 Å². The number of alkyl halides is 1. The maximum atomic E-state index is 5.80. The molecule has 0 saturated carbocycles.